The maximum absolute atomic E-state index is 12.6. The van der Waals surface area contributed by atoms with Crippen LogP contribution in [-0.2, 0) is 32.7 Å². The molecule has 0 aliphatic heterocycles. The van der Waals surface area contributed by atoms with Gasteiger partial charge in [-0.3, -0.25) is 18.6 Å². The van der Waals surface area contributed by atoms with Crippen LogP contribution in [0.5, 0.6) is 0 Å². The molecule has 0 rings (SSSR count). The van der Waals surface area contributed by atoms with E-state index in [0.29, 0.717) is 6.42 Å². The predicted molar refractivity (Wildman–Crippen MR) is 220 cm³/mol. The van der Waals surface area contributed by atoms with Gasteiger partial charge in [-0.2, -0.15) is 0 Å². The molecule has 0 fully saturated rings. The summed E-state index contributed by atoms with van der Waals surface area (Å²) < 4.78 is 32.8. The highest BCUT2D eigenvalue weighted by atomic mass is 31.2. The zero-order valence-corrected chi connectivity index (χ0v) is 35.4. The Morgan fingerprint density at radius 3 is 1.34 bits per heavy atom. The molecular formula is C43H84NO8P. The lowest BCUT2D eigenvalue weighted by Gasteiger charge is -2.19. The number of rotatable bonds is 42. The van der Waals surface area contributed by atoms with Gasteiger partial charge in [-0.1, -0.05) is 180 Å². The number of phosphoric acid groups is 1. The number of carbonyl (C=O) groups excluding carboxylic acids is 2. The summed E-state index contributed by atoms with van der Waals surface area (Å²) in [4.78, 5) is 34.9. The van der Waals surface area contributed by atoms with E-state index in [1.54, 1.807) is 0 Å². The number of ether oxygens (including phenoxy) is 2. The van der Waals surface area contributed by atoms with E-state index >= 15 is 0 Å². The third kappa shape index (κ3) is 40.2. The average Bonchev–Trinajstić information content (AvgIpc) is 3.14. The molecular weight excluding hydrogens is 689 g/mol. The number of nitrogens with two attached hydrogens (primary N) is 1. The lowest BCUT2D eigenvalue weighted by atomic mass is 10.0. The molecule has 314 valence electrons. The predicted octanol–water partition coefficient (Wildman–Crippen LogP) is 12.6. The van der Waals surface area contributed by atoms with Crippen LogP contribution in [0.1, 0.15) is 219 Å². The zero-order valence-electron chi connectivity index (χ0n) is 34.5. The van der Waals surface area contributed by atoms with Crippen molar-refractivity contribution in [2.75, 3.05) is 26.4 Å². The first-order valence-electron chi connectivity index (χ1n) is 22.2. The molecule has 0 heterocycles. The van der Waals surface area contributed by atoms with Crippen LogP contribution >= 0.6 is 7.82 Å². The molecule has 0 aliphatic carbocycles. The second kappa shape index (κ2) is 40.4. The van der Waals surface area contributed by atoms with E-state index in [0.717, 1.165) is 51.4 Å². The Balaban J connectivity index is 4.12. The van der Waals surface area contributed by atoms with Crippen LogP contribution < -0.4 is 5.73 Å². The Kier molecular flexibility index (Phi) is 39.5. The summed E-state index contributed by atoms with van der Waals surface area (Å²) in [5.74, 6) is -0.827. The highest BCUT2D eigenvalue weighted by molar-refractivity contribution is 7.47. The van der Waals surface area contributed by atoms with Crippen LogP contribution in [0, 0.1) is 0 Å². The maximum Gasteiger partial charge on any atom is 0.472 e. The fraction of sp³-hybridized carbons (Fsp3) is 0.907. The van der Waals surface area contributed by atoms with E-state index in [4.69, 9.17) is 24.3 Å². The summed E-state index contributed by atoms with van der Waals surface area (Å²) in [5, 5.41) is 0. The summed E-state index contributed by atoms with van der Waals surface area (Å²) in [6.07, 6.45) is 40.9. The van der Waals surface area contributed by atoms with Gasteiger partial charge < -0.3 is 20.1 Å². The van der Waals surface area contributed by atoms with Gasteiger partial charge in [0, 0.05) is 19.4 Å². The lowest BCUT2D eigenvalue weighted by molar-refractivity contribution is -0.161. The second-order valence-corrected chi connectivity index (χ2v) is 16.4. The highest BCUT2D eigenvalue weighted by Crippen LogP contribution is 2.43. The number of unbranched alkanes of at least 4 members (excludes halogenated alkanes) is 27. The van der Waals surface area contributed by atoms with Crippen molar-refractivity contribution in [3.05, 3.63) is 12.2 Å². The summed E-state index contributed by atoms with van der Waals surface area (Å²) in [6.45, 7) is 3.75. The van der Waals surface area contributed by atoms with Gasteiger partial charge in [-0.05, 0) is 38.5 Å². The molecule has 0 saturated carbocycles. The number of phosphoric ester groups is 1. The van der Waals surface area contributed by atoms with Crippen LogP contribution in [-0.4, -0.2) is 49.3 Å². The van der Waals surface area contributed by atoms with Gasteiger partial charge in [0.1, 0.15) is 6.61 Å². The number of esters is 2. The first kappa shape index (κ1) is 51.8. The summed E-state index contributed by atoms with van der Waals surface area (Å²) >= 11 is 0. The number of allylic oxidation sites excluding steroid dienone is 2. The molecule has 10 heteroatoms. The largest absolute Gasteiger partial charge is 0.472 e. The van der Waals surface area contributed by atoms with Crippen molar-refractivity contribution < 1.29 is 37.6 Å². The smallest absolute Gasteiger partial charge is 0.462 e. The van der Waals surface area contributed by atoms with Crippen LogP contribution in [0.4, 0.5) is 0 Å². The third-order valence-corrected chi connectivity index (χ3v) is 10.6. The molecule has 0 aromatic carbocycles. The van der Waals surface area contributed by atoms with Gasteiger partial charge in [0.2, 0.25) is 0 Å². The Labute approximate surface area is 326 Å². The van der Waals surface area contributed by atoms with Crippen molar-refractivity contribution in [1.29, 1.82) is 0 Å². The maximum atomic E-state index is 12.6. The van der Waals surface area contributed by atoms with Crippen LogP contribution in [0.15, 0.2) is 12.2 Å². The summed E-state index contributed by atoms with van der Waals surface area (Å²) in [5.41, 5.74) is 5.35. The minimum atomic E-state index is -4.37. The second-order valence-electron chi connectivity index (χ2n) is 14.9. The molecule has 3 N–H and O–H groups in total. The molecule has 9 nitrogen and oxygen atoms in total. The van der Waals surface area contributed by atoms with Gasteiger partial charge in [0.25, 0.3) is 0 Å². The van der Waals surface area contributed by atoms with Gasteiger partial charge in [-0.25, -0.2) is 4.57 Å². The van der Waals surface area contributed by atoms with Crippen LogP contribution in [0.3, 0.4) is 0 Å². The Bertz CT molecular complexity index is 886. The van der Waals surface area contributed by atoms with E-state index in [1.165, 1.54) is 135 Å². The molecule has 0 aromatic heterocycles. The normalized spacial score (nSPS) is 13.4. The Morgan fingerprint density at radius 1 is 0.547 bits per heavy atom. The number of carbonyl (C=O) groups is 2. The lowest BCUT2D eigenvalue weighted by Crippen LogP contribution is -2.29. The van der Waals surface area contributed by atoms with Crippen molar-refractivity contribution in [2.45, 2.75) is 225 Å². The molecule has 0 spiro atoms. The highest BCUT2D eigenvalue weighted by Gasteiger charge is 2.26. The SMILES string of the molecule is CCCCCCCCC/C=C\CCCCCCCC(=O)O[C@H](COC(=O)CCCCCCCCCCCCCCCCCC)COP(=O)(O)OCCN. The molecule has 0 aliphatic rings. The first-order chi connectivity index (χ1) is 25.8. The topological polar surface area (TPSA) is 134 Å². The van der Waals surface area contributed by atoms with E-state index in [-0.39, 0.29) is 38.6 Å². The van der Waals surface area contributed by atoms with E-state index in [9.17, 15) is 19.0 Å². The molecule has 53 heavy (non-hydrogen) atoms. The standard InChI is InChI=1S/C43H84NO8P/c1-3-5-7-9-11-13-15-17-19-21-23-25-27-29-31-33-35-42(45)49-39-41(40-51-53(47,48)50-38-37-44)52-43(46)36-34-32-30-28-26-24-22-20-18-16-14-12-10-8-6-4-2/h20,22,41H,3-19,21,23-40,44H2,1-2H3,(H,47,48)/b22-20-/t41-/m1/s1. The first-order valence-corrected chi connectivity index (χ1v) is 23.7. The molecule has 0 aromatic rings. The minimum absolute atomic E-state index is 0.0549. The number of hydrogen-bond acceptors (Lipinski definition) is 8. The molecule has 0 amide bonds. The monoisotopic (exact) mass is 774 g/mol. The molecule has 1 unspecified atom stereocenters. The van der Waals surface area contributed by atoms with Gasteiger partial charge >= 0.3 is 19.8 Å². The van der Waals surface area contributed by atoms with Crippen LogP contribution in [0.2, 0.25) is 0 Å². The third-order valence-electron chi connectivity index (χ3n) is 9.65. The molecule has 0 saturated heterocycles. The Morgan fingerprint density at radius 2 is 0.925 bits per heavy atom. The van der Waals surface area contributed by atoms with Crippen molar-refractivity contribution in [1.82, 2.24) is 0 Å². The van der Waals surface area contributed by atoms with Gasteiger partial charge in [0.05, 0.1) is 13.2 Å². The van der Waals surface area contributed by atoms with Crippen molar-refractivity contribution in [3.63, 3.8) is 0 Å². The van der Waals surface area contributed by atoms with E-state index in [1.807, 2.05) is 0 Å². The summed E-state index contributed by atoms with van der Waals surface area (Å²) in [6, 6.07) is 0. The zero-order chi connectivity index (χ0) is 38.9. The minimum Gasteiger partial charge on any atom is -0.462 e. The fourth-order valence-electron chi connectivity index (χ4n) is 6.34. The van der Waals surface area contributed by atoms with Gasteiger partial charge in [0.15, 0.2) is 6.10 Å². The average molecular weight is 774 g/mol. The van der Waals surface area contributed by atoms with Crippen molar-refractivity contribution >= 4 is 19.8 Å². The van der Waals surface area contributed by atoms with Crippen molar-refractivity contribution in [3.8, 4) is 0 Å². The van der Waals surface area contributed by atoms with Crippen molar-refractivity contribution in [2.24, 2.45) is 5.73 Å². The van der Waals surface area contributed by atoms with Crippen LogP contribution in [0.25, 0.3) is 0 Å². The van der Waals surface area contributed by atoms with E-state index in [2.05, 4.69) is 26.0 Å². The molecule has 0 radical (unpaired) electrons. The fourth-order valence-corrected chi connectivity index (χ4v) is 7.10. The Hall–Kier alpha value is -1.25. The summed E-state index contributed by atoms with van der Waals surface area (Å²) in [7, 11) is -4.37. The molecule has 0 bridgehead atoms. The quantitative estimate of drug-likeness (QED) is 0.0269. The van der Waals surface area contributed by atoms with E-state index < -0.39 is 26.5 Å². The molecule has 2 atom stereocenters. The van der Waals surface area contributed by atoms with Gasteiger partial charge in [-0.15, -0.1) is 0 Å². The number of hydrogen-bond donors (Lipinski definition) is 2.